The van der Waals surface area contributed by atoms with E-state index in [4.69, 9.17) is 0 Å². The van der Waals surface area contributed by atoms with Crippen molar-refractivity contribution in [1.29, 1.82) is 0 Å². The lowest BCUT2D eigenvalue weighted by molar-refractivity contribution is 0.0947. The minimum Gasteiger partial charge on any atom is -0.507 e. The fourth-order valence-electron chi connectivity index (χ4n) is 1.22. The smallest absolute Gasteiger partial charge is 0.255 e. The zero-order valence-electron chi connectivity index (χ0n) is 8.55. The Hall–Kier alpha value is -1.89. The van der Waals surface area contributed by atoms with E-state index in [0.29, 0.717) is 10.3 Å². The van der Waals surface area contributed by atoms with E-state index in [1.54, 1.807) is 6.07 Å². The number of rotatable bonds is 3. The molecule has 7 heteroatoms. The first kappa shape index (κ1) is 11.6. The van der Waals surface area contributed by atoms with Gasteiger partial charge in [0.15, 0.2) is 5.82 Å². The van der Waals surface area contributed by atoms with Gasteiger partial charge in [0.2, 0.25) is 6.39 Å². The number of benzene rings is 1. The van der Waals surface area contributed by atoms with Crippen molar-refractivity contribution in [3.8, 4) is 5.75 Å². The lowest BCUT2D eigenvalue weighted by Gasteiger charge is -2.05. The van der Waals surface area contributed by atoms with Gasteiger partial charge >= 0.3 is 0 Å². The largest absolute Gasteiger partial charge is 0.507 e. The third-order valence-electron chi connectivity index (χ3n) is 2.02. The van der Waals surface area contributed by atoms with E-state index in [1.807, 2.05) is 0 Å². The number of amides is 1. The summed E-state index contributed by atoms with van der Waals surface area (Å²) in [5.74, 6) is -0.125. The average molecular weight is 298 g/mol. The van der Waals surface area contributed by atoms with Crippen LogP contribution in [0.1, 0.15) is 16.2 Å². The number of aromatic nitrogens is 2. The Morgan fingerprint density at radius 1 is 1.53 bits per heavy atom. The Morgan fingerprint density at radius 2 is 2.35 bits per heavy atom. The van der Waals surface area contributed by atoms with Gasteiger partial charge in [-0.3, -0.25) is 4.79 Å². The third kappa shape index (κ3) is 2.82. The van der Waals surface area contributed by atoms with Gasteiger partial charge in [-0.05, 0) is 18.2 Å². The van der Waals surface area contributed by atoms with E-state index < -0.39 is 5.91 Å². The maximum absolute atomic E-state index is 11.7. The van der Waals surface area contributed by atoms with Gasteiger partial charge in [0.05, 0.1) is 12.1 Å². The van der Waals surface area contributed by atoms with Gasteiger partial charge in [-0.1, -0.05) is 21.1 Å². The third-order valence-corrected chi connectivity index (χ3v) is 2.51. The topological polar surface area (TPSA) is 88.3 Å². The van der Waals surface area contributed by atoms with Gasteiger partial charge in [0.25, 0.3) is 5.91 Å². The number of carbonyl (C=O) groups is 1. The molecule has 1 aromatic carbocycles. The molecular formula is C10H8BrN3O3. The first-order chi connectivity index (χ1) is 8.16. The molecule has 0 atom stereocenters. The normalized spacial score (nSPS) is 10.2. The SMILES string of the molecule is O=C(NCc1ncon1)c1ccc(Br)cc1O. The molecule has 17 heavy (non-hydrogen) atoms. The van der Waals surface area contributed by atoms with E-state index in [2.05, 4.69) is 35.9 Å². The second-order valence-electron chi connectivity index (χ2n) is 3.19. The summed E-state index contributed by atoms with van der Waals surface area (Å²) in [7, 11) is 0. The quantitative estimate of drug-likeness (QED) is 0.895. The van der Waals surface area contributed by atoms with Crippen LogP contribution in [0, 0.1) is 0 Å². The number of halogens is 1. The van der Waals surface area contributed by atoms with Gasteiger partial charge in [0.1, 0.15) is 5.75 Å². The predicted molar refractivity (Wildman–Crippen MR) is 61.3 cm³/mol. The Labute approximate surface area is 105 Å². The van der Waals surface area contributed by atoms with Crippen molar-refractivity contribution < 1.29 is 14.4 Å². The molecule has 0 unspecified atom stereocenters. The van der Waals surface area contributed by atoms with Crippen LogP contribution in [-0.2, 0) is 6.54 Å². The highest BCUT2D eigenvalue weighted by molar-refractivity contribution is 9.10. The molecule has 0 aliphatic heterocycles. The van der Waals surface area contributed by atoms with Gasteiger partial charge in [-0.2, -0.15) is 4.98 Å². The Balaban J connectivity index is 2.04. The highest BCUT2D eigenvalue weighted by atomic mass is 79.9. The minimum atomic E-state index is -0.403. The summed E-state index contributed by atoms with van der Waals surface area (Å²) in [4.78, 5) is 15.5. The number of hydrogen-bond donors (Lipinski definition) is 2. The van der Waals surface area contributed by atoms with Crippen molar-refractivity contribution in [2.24, 2.45) is 0 Å². The van der Waals surface area contributed by atoms with Crippen LogP contribution in [0.2, 0.25) is 0 Å². The molecule has 0 aliphatic rings. The first-order valence-electron chi connectivity index (χ1n) is 4.69. The highest BCUT2D eigenvalue weighted by Crippen LogP contribution is 2.22. The van der Waals surface area contributed by atoms with Crippen LogP contribution >= 0.6 is 15.9 Å². The Morgan fingerprint density at radius 3 is 3.00 bits per heavy atom. The Kier molecular flexibility index (Phi) is 3.38. The van der Waals surface area contributed by atoms with E-state index >= 15 is 0 Å². The molecule has 0 saturated carbocycles. The van der Waals surface area contributed by atoms with Gasteiger partial charge in [0, 0.05) is 4.47 Å². The maximum Gasteiger partial charge on any atom is 0.255 e. The average Bonchev–Trinajstić information content (AvgIpc) is 2.78. The van der Waals surface area contributed by atoms with Crippen molar-refractivity contribution in [1.82, 2.24) is 15.5 Å². The molecule has 1 amide bonds. The van der Waals surface area contributed by atoms with E-state index in [9.17, 15) is 9.90 Å². The number of carbonyl (C=O) groups excluding carboxylic acids is 1. The molecule has 0 spiro atoms. The minimum absolute atomic E-state index is 0.0926. The van der Waals surface area contributed by atoms with Crippen molar-refractivity contribution in [3.05, 3.63) is 40.5 Å². The molecule has 0 fully saturated rings. The summed E-state index contributed by atoms with van der Waals surface area (Å²) < 4.78 is 5.22. The number of phenolic OH excluding ortho intramolecular Hbond substituents is 1. The number of phenols is 1. The monoisotopic (exact) mass is 297 g/mol. The molecule has 6 nitrogen and oxygen atoms in total. The van der Waals surface area contributed by atoms with Crippen molar-refractivity contribution in [2.45, 2.75) is 6.54 Å². The second-order valence-corrected chi connectivity index (χ2v) is 4.11. The molecule has 2 aromatic rings. The van der Waals surface area contributed by atoms with E-state index in [1.165, 1.54) is 18.5 Å². The first-order valence-corrected chi connectivity index (χ1v) is 5.48. The lowest BCUT2D eigenvalue weighted by Crippen LogP contribution is -2.23. The van der Waals surface area contributed by atoms with Crippen LogP contribution in [0.25, 0.3) is 0 Å². The van der Waals surface area contributed by atoms with Crippen LogP contribution in [0.4, 0.5) is 0 Å². The molecule has 88 valence electrons. The van der Waals surface area contributed by atoms with Crippen LogP contribution in [0.3, 0.4) is 0 Å². The van der Waals surface area contributed by atoms with E-state index in [0.717, 1.165) is 0 Å². The van der Waals surface area contributed by atoms with Gasteiger partial charge < -0.3 is 14.9 Å². The maximum atomic E-state index is 11.7. The van der Waals surface area contributed by atoms with Gasteiger partial charge in [-0.25, -0.2) is 0 Å². The molecule has 2 rings (SSSR count). The fourth-order valence-corrected chi connectivity index (χ4v) is 1.57. The standard InChI is InChI=1S/C10H8BrN3O3/c11-6-1-2-7(8(15)3-6)10(16)12-4-9-13-5-17-14-9/h1-3,5,15H,4H2,(H,12,16). The number of hydrogen-bond acceptors (Lipinski definition) is 5. The summed E-state index contributed by atoms with van der Waals surface area (Å²) in [6.45, 7) is 0.144. The Bertz CT molecular complexity index is 528. The summed E-state index contributed by atoms with van der Waals surface area (Å²) >= 11 is 3.19. The van der Waals surface area contributed by atoms with Crippen LogP contribution < -0.4 is 5.32 Å². The second kappa shape index (κ2) is 4.96. The zero-order valence-corrected chi connectivity index (χ0v) is 10.1. The summed E-state index contributed by atoms with van der Waals surface area (Å²) in [6.07, 6.45) is 1.18. The summed E-state index contributed by atoms with van der Waals surface area (Å²) in [5, 5.41) is 15.7. The molecular weight excluding hydrogens is 290 g/mol. The fraction of sp³-hybridized carbons (Fsp3) is 0.100. The van der Waals surface area contributed by atoms with Crippen molar-refractivity contribution in [3.63, 3.8) is 0 Å². The predicted octanol–water partition coefficient (Wildman–Crippen LogP) is 1.47. The van der Waals surface area contributed by atoms with E-state index in [-0.39, 0.29) is 17.9 Å². The molecule has 1 aromatic heterocycles. The van der Waals surface area contributed by atoms with Crippen molar-refractivity contribution in [2.75, 3.05) is 0 Å². The van der Waals surface area contributed by atoms with Crippen LogP contribution in [0.15, 0.2) is 33.6 Å². The summed E-state index contributed by atoms with van der Waals surface area (Å²) in [6, 6.07) is 4.64. The van der Waals surface area contributed by atoms with Gasteiger partial charge in [-0.15, -0.1) is 0 Å². The molecule has 0 saturated heterocycles. The molecule has 0 aliphatic carbocycles. The lowest BCUT2D eigenvalue weighted by atomic mass is 10.2. The highest BCUT2D eigenvalue weighted by Gasteiger charge is 2.11. The zero-order chi connectivity index (χ0) is 12.3. The molecule has 0 radical (unpaired) electrons. The molecule has 1 heterocycles. The van der Waals surface area contributed by atoms with Crippen LogP contribution in [0.5, 0.6) is 5.75 Å². The van der Waals surface area contributed by atoms with Crippen molar-refractivity contribution >= 4 is 21.8 Å². The number of nitrogens with zero attached hydrogens (tertiary/aromatic N) is 2. The van der Waals surface area contributed by atoms with Crippen LogP contribution in [-0.4, -0.2) is 21.2 Å². The summed E-state index contributed by atoms with van der Waals surface area (Å²) in [5.41, 5.74) is 0.191. The number of nitrogens with one attached hydrogen (secondary N) is 1. The number of aromatic hydroxyl groups is 1. The molecule has 2 N–H and O–H groups in total. The molecule has 0 bridgehead atoms.